The second kappa shape index (κ2) is 5.73. The lowest BCUT2D eigenvalue weighted by Crippen LogP contribution is -2.20. The third kappa shape index (κ3) is 3.25. The van der Waals surface area contributed by atoms with E-state index in [0.29, 0.717) is 11.4 Å². The standard InChI is InChI=1S/C13H16N4O/c1-8(2)12(15)13(16)11(7-14)17-9-3-5-10(18)6-4-9/h3-6,8,18H,15-16H2,1-2H3/b13-12+,17-11?. The van der Waals surface area contributed by atoms with E-state index in [0.717, 1.165) is 0 Å². The number of nitrogens with zero attached hydrogens (tertiary/aromatic N) is 2. The second-order valence-corrected chi connectivity index (χ2v) is 4.11. The third-order valence-corrected chi connectivity index (χ3v) is 2.38. The second-order valence-electron chi connectivity index (χ2n) is 4.11. The Kier molecular flexibility index (Phi) is 4.33. The first-order chi connectivity index (χ1) is 8.45. The summed E-state index contributed by atoms with van der Waals surface area (Å²) in [5, 5.41) is 18.2. The molecule has 18 heavy (non-hydrogen) atoms. The molecule has 94 valence electrons. The number of nitriles is 1. The predicted octanol–water partition coefficient (Wildman–Crippen LogP) is 1.77. The summed E-state index contributed by atoms with van der Waals surface area (Å²) >= 11 is 0. The summed E-state index contributed by atoms with van der Waals surface area (Å²) < 4.78 is 0. The molecule has 0 saturated carbocycles. The molecule has 1 rings (SSSR count). The lowest BCUT2D eigenvalue weighted by atomic mass is 10.1. The zero-order valence-corrected chi connectivity index (χ0v) is 10.4. The highest BCUT2D eigenvalue weighted by Gasteiger charge is 2.10. The molecule has 0 spiro atoms. The average molecular weight is 244 g/mol. The molecule has 0 amide bonds. The summed E-state index contributed by atoms with van der Waals surface area (Å²) in [6, 6.07) is 8.07. The van der Waals surface area contributed by atoms with E-state index in [9.17, 15) is 0 Å². The van der Waals surface area contributed by atoms with Gasteiger partial charge in [0.15, 0.2) is 5.71 Å². The lowest BCUT2D eigenvalue weighted by Gasteiger charge is -2.09. The average Bonchev–Trinajstić information content (AvgIpc) is 2.36. The van der Waals surface area contributed by atoms with Crippen molar-refractivity contribution >= 4 is 11.4 Å². The first kappa shape index (κ1) is 13.6. The van der Waals surface area contributed by atoms with Crippen LogP contribution in [0.5, 0.6) is 5.75 Å². The number of hydrogen-bond donors (Lipinski definition) is 3. The van der Waals surface area contributed by atoms with Crippen molar-refractivity contribution in [2.24, 2.45) is 22.4 Å². The van der Waals surface area contributed by atoms with Crippen LogP contribution >= 0.6 is 0 Å². The molecule has 0 bridgehead atoms. The van der Waals surface area contributed by atoms with E-state index >= 15 is 0 Å². The molecule has 5 heteroatoms. The van der Waals surface area contributed by atoms with Crippen molar-refractivity contribution in [3.8, 4) is 11.8 Å². The molecule has 0 heterocycles. The summed E-state index contributed by atoms with van der Waals surface area (Å²) in [4.78, 5) is 4.10. The van der Waals surface area contributed by atoms with Crippen LogP contribution in [0.25, 0.3) is 0 Å². The fourth-order valence-corrected chi connectivity index (χ4v) is 1.25. The van der Waals surface area contributed by atoms with Gasteiger partial charge < -0.3 is 16.6 Å². The fourth-order valence-electron chi connectivity index (χ4n) is 1.25. The van der Waals surface area contributed by atoms with Gasteiger partial charge in [-0.3, -0.25) is 0 Å². The largest absolute Gasteiger partial charge is 0.508 e. The van der Waals surface area contributed by atoms with Crippen LogP contribution in [-0.4, -0.2) is 10.8 Å². The smallest absolute Gasteiger partial charge is 0.165 e. The van der Waals surface area contributed by atoms with Crippen molar-refractivity contribution in [3.63, 3.8) is 0 Å². The number of hydrogen-bond acceptors (Lipinski definition) is 5. The maximum absolute atomic E-state index is 9.15. The minimum Gasteiger partial charge on any atom is -0.508 e. The number of phenols is 1. The Morgan fingerprint density at radius 1 is 1.28 bits per heavy atom. The first-order valence-corrected chi connectivity index (χ1v) is 5.49. The molecule has 0 aromatic heterocycles. The Balaban J connectivity index is 3.16. The van der Waals surface area contributed by atoms with E-state index < -0.39 is 0 Å². The van der Waals surface area contributed by atoms with Gasteiger partial charge in [0, 0.05) is 5.70 Å². The predicted molar refractivity (Wildman–Crippen MR) is 71.1 cm³/mol. The Hall–Kier alpha value is -2.48. The van der Waals surface area contributed by atoms with Gasteiger partial charge in [-0.25, -0.2) is 4.99 Å². The maximum atomic E-state index is 9.15. The van der Waals surface area contributed by atoms with Gasteiger partial charge in [-0.2, -0.15) is 5.26 Å². The van der Waals surface area contributed by atoms with Crippen LogP contribution in [0.3, 0.4) is 0 Å². The van der Waals surface area contributed by atoms with Gasteiger partial charge in [-0.05, 0) is 30.2 Å². The van der Waals surface area contributed by atoms with E-state index in [-0.39, 0.29) is 23.1 Å². The highest BCUT2D eigenvalue weighted by molar-refractivity contribution is 6.12. The van der Waals surface area contributed by atoms with Crippen LogP contribution in [-0.2, 0) is 0 Å². The molecule has 0 atom stereocenters. The number of benzene rings is 1. The molecule has 0 aliphatic carbocycles. The molecule has 0 saturated heterocycles. The molecule has 0 aliphatic rings. The summed E-state index contributed by atoms with van der Waals surface area (Å²) in [6.45, 7) is 3.77. The van der Waals surface area contributed by atoms with Gasteiger partial charge in [-0.1, -0.05) is 13.8 Å². The van der Waals surface area contributed by atoms with Gasteiger partial charge in [0.05, 0.1) is 11.4 Å². The van der Waals surface area contributed by atoms with E-state index in [1.807, 2.05) is 19.9 Å². The molecular formula is C13H16N4O. The van der Waals surface area contributed by atoms with E-state index in [2.05, 4.69) is 4.99 Å². The Morgan fingerprint density at radius 2 is 1.83 bits per heavy atom. The maximum Gasteiger partial charge on any atom is 0.165 e. The third-order valence-electron chi connectivity index (χ3n) is 2.38. The Bertz CT molecular complexity index is 521. The number of aliphatic imine (C=N–C) groups is 1. The normalized spacial score (nSPS) is 13.1. The Morgan fingerprint density at radius 3 is 2.28 bits per heavy atom. The van der Waals surface area contributed by atoms with Gasteiger partial charge in [0.2, 0.25) is 0 Å². The summed E-state index contributed by atoms with van der Waals surface area (Å²) in [6.07, 6.45) is 0. The van der Waals surface area contributed by atoms with Crippen LogP contribution in [0.2, 0.25) is 0 Å². The van der Waals surface area contributed by atoms with E-state index in [1.54, 1.807) is 12.1 Å². The topological polar surface area (TPSA) is 108 Å². The number of phenolic OH excluding ortho intramolecular Hbond substituents is 1. The SMILES string of the molecule is CC(C)/C(N)=C(\N)C(C#N)=Nc1ccc(O)cc1. The molecule has 0 unspecified atom stereocenters. The van der Waals surface area contributed by atoms with Crippen molar-refractivity contribution in [2.75, 3.05) is 0 Å². The van der Waals surface area contributed by atoms with Crippen LogP contribution in [0, 0.1) is 17.2 Å². The van der Waals surface area contributed by atoms with E-state index in [1.165, 1.54) is 12.1 Å². The van der Waals surface area contributed by atoms with Crippen LogP contribution in [0.1, 0.15) is 13.8 Å². The number of aromatic hydroxyl groups is 1. The molecule has 0 fully saturated rings. The van der Waals surface area contributed by atoms with Crippen molar-refractivity contribution in [1.29, 1.82) is 5.26 Å². The molecule has 0 aliphatic heterocycles. The van der Waals surface area contributed by atoms with Crippen LogP contribution in [0.15, 0.2) is 40.7 Å². The minimum atomic E-state index is 0.0448. The van der Waals surface area contributed by atoms with Crippen molar-refractivity contribution < 1.29 is 5.11 Å². The van der Waals surface area contributed by atoms with E-state index in [4.69, 9.17) is 21.8 Å². The van der Waals surface area contributed by atoms with Gasteiger partial charge in [0.1, 0.15) is 11.8 Å². The summed E-state index contributed by atoms with van der Waals surface area (Å²) in [7, 11) is 0. The van der Waals surface area contributed by atoms with Crippen LogP contribution < -0.4 is 11.5 Å². The summed E-state index contributed by atoms with van der Waals surface area (Å²) in [5.74, 6) is 0.182. The quantitative estimate of drug-likeness (QED) is 0.704. The monoisotopic (exact) mass is 244 g/mol. The molecule has 1 aromatic carbocycles. The lowest BCUT2D eigenvalue weighted by molar-refractivity contribution is 0.475. The van der Waals surface area contributed by atoms with Crippen LogP contribution in [0.4, 0.5) is 5.69 Å². The molecule has 5 nitrogen and oxygen atoms in total. The minimum absolute atomic E-state index is 0.0448. The summed E-state index contributed by atoms with van der Waals surface area (Å²) in [5.41, 5.74) is 12.8. The highest BCUT2D eigenvalue weighted by atomic mass is 16.3. The molecule has 1 aromatic rings. The fraction of sp³-hybridized carbons (Fsp3) is 0.231. The zero-order chi connectivity index (χ0) is 13.7. The molecular weight excluding hydrogens is 228 g/mol. The van der Waals surface area contributed by atoms with Gasteiger partial charge in [-0.15, -0.1) is 0 Å². The number of rotatable bonds is 3. The highest BCUT2D eigenvalue weighted by Crippen LogP contribution is 2.18. The molecule has 5 N–H and O–H groups in total. The number of allylic oxidation sites excluding steroid dienone is 2. The Labute approximate surface area is 106 Å². The zero-order valence-electron chi connectivity index (χ0n) is 10.4. The van der Waals surface area contributed by atoms with Gasteiger partial charge >= 0.3 is 0 Å². The van der Waals surface area contributed by atoms with Crippen molar-refractivity contribution in [2.45, 2.75) is 13.8 Å². The molecule has 0 radical (unpaired) electrons. The number of nitrogens with two attached hydrogens (primary N) is 2. The van der Waals surface area contributed by atoms with Crippen molar-refractivity contribution in [3.05, 3.63) is 35.7 Å². The van der Waals surface area contributed by atoms with Gasteiger partial charge in [0.25, 0.3) is 0 Å². The van der Waals surface area contributed by atoms with Crippen molar-refractivity contribution in [1.82, 2.24) is 0 Å². The first-order valence-electron chi connectivity index (χ1n) is 5.49.